The number of hydrogen-bond donors (Lipinski definition) is 1. The van der Waals surface area contributed by atoms with Crippen LogP contribution >= 0.6 is 27.5 Å². The molecular formula is C14H17BrClF2NO. The molecule has 112 valence electrons. The molecule has 2 nitrogen and oxygen atoms in total. The highest BCUT2D eigenvalue weighted by molar-refractivity contribution is 9.10. The zero-order valence-electron chi connectivity index (χ0n) is 11.4. The second kappa shape index (κ2) is 7.93. The Labute approximate surface area is 131 Å². The number of amides is 1. The third-order valence-electron chi connectivity index (χ3n) is 3.25. The molecular weight excluding hydrogens is 352 g/mol. The average molecular weight is 369 g/mol. The lowest BCUT2D eigenvalue weighted by Gasteiger charge is -2.19. The Morgan fingerprint density at radius 2 is 1.80 bits per heavy atom. The van der Waals surface area contributed by atoms with Crippen LogP contribution < -0.4 is 5.32 Å². The summed E-state index contributed by atoms with van der Waals surface area (Å²) in [6.45, 7) is 4.21. The van der Waals surface area contributed by atoms with Crippen molar-refractivity contribution in [2.75, 3.05) is 6.54 Å². The number of benzene rings is 1. The van der Waals surface area contributed by atoms with Gasteiger partial charge in [0.2, 0.25) is 0 Å². The van der Waals surface area contributed by atoms with Gasteiger partial charge in [0.15, 0.2) is 0 Å². The van der Waals surface area contributed by atoms with Crippen LogP contribution in [0.2, 0.25) is 0 Å². The number of halogens is 4. The standard InChI is InChI=1S/C14H17BrClF2NO/c1-3-8(4-2)10(16)7-19-14(20)13-11(17)5-9(15)6-12(13)18/h5-6,8,10H,3-4,7H2,1-2H3,(H,19,20). The van der Waals surface area contributed by atoms with Crippen LogP contribution in [0.4, 0.5) is 8.78 Å². The summed E-state index contributed by atoms with van der Waals surface area (Å²) >= 11 is 9.14. The molecule has 6 heteroatoms. The van der Waals surface area contributed by atoms with Crippen LogP contribution in [0.1, 0.15) is 37.0 Å². The van der Waals surface area contributed by atoms with Gasteiger partial charge in [-0.05, 0) is 18.1 Å². The fourth-order valence-electron chi connectivity index (χ4n) is 2.00. The average Bonchev–Trinajstić information content (AvgIpc) is 2.36. The van der Waals surface area contributed by atoms with E-state index in [2.05, 4.69) is 21.2 Å². The zero-order chi connectivity index (χ0) is 15.3. The van der Waals surface area contributed by atoms with Crippen LogP contribution in [0.3, 0.4) is 0 Å². The second-order valence-electron chi connectivity index (χ2n) is 4.55. The first-order valence-electron chi connectivity index (χ1n) is 6.47. The summed E-state index contributed by atoms with van der Waals surface area (Å²) in [6, 6.07) is 2.11. The van der Waals surface area contributed by atoms with E-state index in [0.717, 1.165) is 25.0 Å². The van der Waals surface area contributed by atoms with Gasteiger partial charge in [-0.25, -0.2) is 8.78 Å². The van der Waals surface area contributed by atoms with Crippen molar-refractivity contribution in [1.29, 1.82) is 0 Å². The lowest BCUT2D eigenvalue weighted by Crippen LogP contribution is -2.34. The van der Waals surface area contributed by atoms with Crippen LogP contribution in [-0.4, -0.2) is 17.8 Å². The molecule has 1 N–H and O–H groups in total. The predicted molar refractivity (Wildman–Crippen MR) is 80.1 cm³/mol. The van der Waals surface area contributed by atoms with Gasteiger partial charge in [0.1, 0.15) is 17.2 Å². The topological polar surface area (TPSA) is 29.1 Å². The molecule has 0 radical (unpaired) electrons. The van der Waals surface area contributed by atoms with Crippen molar-refractivity contribution >= 4 is 33.4 Å². The SMILES string of the molecule is CCC(CC)C(Cl)CNC(=O)c1c(F)cc(Br)cc1F. The van der Waals surface area contributed by atoms with E-state index in [1.165, 1.54) is 0 Å². The highest BCUT2D eigenvalue weighted by atomic mass is 79.9. The maximum absolute atomic E-state index is 13.6. The predicted octanol–water partition coefficient (Wildman–Crippen LogP) is 4.50. The summed E-state index contributed by atoms with van der Waals surface area (Å²) in [5, 5.41) is 2.23. The number of rotatable bonds is 6. The third-order valence-corrected chi connectivity index (χ3v) is 4.22. The molecule has 0 bridgehead atoms. The van der Waals surface area contributed by atoms with Gasteiger partial charge >= 0.3 is 0 Å². The van der Waals surface area contributed by atoms with Crippen LogP contribution in [-0.2, 0) is 0 Å². The molecule has 1 aromatic rings. The number of carbonyl (C=O) groups is 1. The van der Waals surface area contributed by atoms with Gasteiger partial charge < -0.3 is 5.32 Å². The summed E-state index contributed by atoms with van der Waals surface area (Å²) in [4.78, 5) is 11.8. The molecule has 0 aromatic heterocycles. The molecule has 0 spiro atoms. The van der Waals surface area contributed by atoms with Crippen LogP contribution in [0.25, 0.3) is 0 Å². The van der Waals surface area contributed by atoms with E-state index in [4.69, 9.17) is 11.6 Å². The van der Waals surface area contributed by atoms with Gasteiger partial charge in [0.25, 0.3) is 5.91 Å². The van der Waals surface area contributed by atoms with Crippen LogP contribution in [0, 0.1) is 17.6 Å². The first-order chi connectivity index (χ1) is 9.40. The summed E-state index contributed by atoms with van der Waals surface area (Å²) in [7, 11) is 0. The third kappa shape index (κ3) is 4.42. The normalized spacial score (nSPS) is 12.6. The molecule has 1 amide bonds. The first-order valence-corrected chi connectivity index (χ1v) is 7.70. The van der Waals surface area contributed by atoms with E-state index >= 15 is 0 Å². The van der Waals surface area contributed by atoms with Gasteiger partial charge in [0, 0.05) is 11.0 Å². The lowest BCUT2D eigenvalue weighted by atomic mass is 9.99. The van der Waals surface area contributed by atoms with Crippen molar-refractivity contribution in [1.82, 2.24) is 5.32 Å². The highest BCUT2D eigenvalue weighted by Gasteiger charge is 2.21. The summed E-state index contributed by atoms with van der Waals surface area (Å²) in [5.41, 5.74) is -0.582. The van der Waals surface area contributed by atoms with Gasteiger partial charge in [-0.15, -0.1) is 11.6 Å². The molecule has 0 saturated carbocycles. The second-order valence-corrected chi connectivity index (χ2v) is 6.02. The molecule has 1 unspecified atom stereocenters. The van der Waals surface area contributed by atoms with E-state index in [-0.39, 0.29) is 22.3 Å². The van der Waals surface area contributed by atoms with Gasteiger partial charge in [-0.2, -0.15) is 0 Å². The van der Waals surface area contributed by atoms with E-state index in [9.17, 15) is 13.6 Å². The molecule has 20 heavy (non-hydrogen) atoms. The Morgan fingerprint density at radius 3 is 2.25 bits per heavy atom. The monoisotopic (exact) mass is 367 g/mol. The Kier molecular flexibility index (Phi) is 6.89. The first kappa shape index (κ1) is 17.4. The fourth-order valence-corrected chi connectivity index (χ4v) is 2.84. The quantitative estimate of drug-likeness (QED) is 0.736. The minimum atomic E-state index is -0.900. The molecule has 0 aliphatic rings. The van der Waals surface area contributed by atoms with Crippen molar-refractivity contribution in [2.45, 2.75) is 32.1 Å². The van der Waals surface area contributed by atoms with Crippen molar-refractivity contribution in [3.05, 3.63) is 33.8 Å². The summed E-state index contributed by atoms with van der Waals surface area (Å²) < 4.78 is 27.5. The molecule has 0 fully saturated rings. The maximum Gasteiger partial charge on any atom is 0.257 e. The molecule has 0 saturated heterocycles. The zero-order valence-corrected chi connectivity index (χ0v) is 13.7. The number of nitrogens with one attached hydrogen (secondary N) is 1. The number of hydrogen-bond acceptors (Lipinski definition) is 1. The van der Waals surface area contributed by atoms with Crippen LogP contribution in [0.5, 0.6) is 0 Å². The molecule has 0 heterocycles. The van der Waals surface area contributed by atoms with Crippen molar-refractivity contribution < 1.29 is 13.6 Å². The molecule has 1 atom stereocenters. The summed E-state index contributed by atoms with van der Waals surface area (Å²) in [5.74, 6) is -2.33. The number of carbonyl (C=O) groups excluding carboxylic acids is 1. The number of alkyl halides is 1. The van der Waals surface area contributed by atoms with Crippen LogP contribution in [0.15, 0.2) is 16.6 Å². The fraction of sp³-hybridized carbons (Fsp3) is 0.500. The van der Waals surface area contributed by atoms with E-state index in [1.54, 1.807) is 0 Å². The van der Waals surface area contributed by atoms with Gasteiger partial charge in [-0.1, -0.05) is 42.6 Å². The van der Waals surface area contributed by atoms with Gasteiger partial charge in [0.05, 0.1) is 5.38 Å². The molecule has 0 aliphatic heterocycles. The Morgan fingerprint density at radius 1 is 1.30 bits per heavy atom. The lowest BCUT2D eigenvalue weighted by molar-refractivity contribution is 0.0943. The smallest absolute Gasteiger partial charge is 0.257 e. The van der Waals surface area contributed by atoms with E-state index < -0.39 is 23.1 Å². The largest absolute Gasteiger partial charge is 0.350 e. The highest BCUT2D eigenvalue weighted by Crippen LogP contribution is 2.20. The van der Waals surface area contributed by atoms with Crippen molar-refractivity contribution in [3.8, 4) is 0 Å². The van der Waals surface area contributed by atoms with Crippen molar-refractivity contribution in [3.63, 3.8) is 0 Å². The van der Waals surface area contributed by atoms with E-state index in [0.29, 0.717) is 0 Å². The van der Waals surface area contributed by atoms with Crippen molar-refractivity contribution in [2.24, 2.45) is 5.92 Å². The minimum absolute atomic E-state index is 0.182. The Hall–Kier alpha value is -0.680. The molecule has 1 rings (SSSR count). The molecule has 1 aromatic carbocycles. The minimum Gasteiger partial charge on any atom is -0.350 e. The van der Waals surface area contributed by atoms with E-state index in [1.807, 2.05) is 13.8 Å². The molecule has 0 aliphatic carbocycles. The Balaban J connectivity index is 2.73. The van der Waals surface area contributed by atoms with Gasteiger partial charge in [-0.3, -0.25) is 4.79 Å². The maximum atomic E-state index is 13.6. The Bertz CT molecular complexity index is 457. The summed E-state index contributed by atoms with van der Waals surface area (Å²) in [6.07, 6.45) is 1.78.